The average molecular weight is 453 g/mol. The summed E-state index contributed by atoms with van der Waals surface area (Å²) in [5, 5.41) is 16.9. The zero-order valence-corrected chi connectivity index (χ0v) is 16.2. The molecule has 0 bridgehead atoms. The Hall–Kier alpha value is -2.29. The van der Waals surface area contributed by atoms with Crippen molar-refractivity contribution in [2.45, 2.75) is 13.8 Å². The minimum absolute atomic E-state index is 0.103. The maximum absolute atomic E-state index is 11.9. The van der Waals surface area contributed by atoms with E-state index in [0.717, 1.165) is 16.8 Å². The molecule has 25 heavy (non-hydrogen) atoms. The van der Waals surface area contributed by atoms with Crippen LogP contribution in [0.25, 0.3) is 0 Å². The standard InChI is InChI=1S/C18H20IN3O3/c1-3-25-16-9-13(8-14(19)18(16)24)10-21-22-17(23)11-20-15-7-5-4-6-12(15)2/h4-10,20,24H,3,11H2,1-2H3,(H,22,23)/b21-10-. The number of carbonyl (C=O) groups is 1. The third-order valence-electron chi connectivity index (χ3n) is 3.34. The quantitative estimate of drug-likeness (QED) is 0.342. The molecule has 1 amide bonds. The van der Waals surface area contributed by atoms with Crippen molar-refractivity contribution < 1.29 is 14.6 Å². The Bertz CT molecular complexity index is 778. The van der Waals surface area contributed by atoms with Gasteiger partial charge in [0.25, 0.3) is 5.91 Å². The monoisotopic (exact) mass is 453 g/mol. The summed E-state index contributed by atoms with van der Waals surface area (Å²) in [6.45, 7) is 4.39. The Balaban J connectivity index is 1.92. The van der Waals surface area contributed by atoms with Gasteiger partial charge in [-0.05, 0) is 65.8 Å². The molecule has 7 heteroatoms. The second-order valence-electron chi connectivity index (χ2n) is 5.24. The van der Waals surface area contributed by atoms with E-state index in [1.54, 1.807) is 12.1 Å². The summed E-state index contributed by atoms with van der Waals surface area (Å²) in [6, 6.07) is 11.2. The third kappa shape index (κ3) is 5.63. The molecular formula is C18H20IN3O3. The fraction of sp³-hybridized carbons (Fsp3) is 0.222. The van der Waals surface area contributed by atoms with Crippen molar-refractivity contribution in [1.29, 1.82) is 0 Å². The predicted molar refractivity (Wildman–Crippen MR) is 107 cm³/mol. The molecule has 0 saturated carbocycles. The van der Waals surface area contributed by atoms with Gasteiger partial charge in [-0.25, -0.2) is 5.43 Å². The highest BCUT2D eigenvalue weighted by Gasteiger charge is 2.08. The minimum atomic E-state index is -0.252. The van der Waals surface area contributed by atoms with Gasteiger partial charge < -0.3 is 15.2 Å². The van der Waals surface area contributed by atoms with E-state index in [4.69, 9.17) is 4.74 Å². The second-order valence-corrected chi connectivity index (χ2v) is 6.41. The maximum Gasteiger partial charge on any atom is 0.259 e. The summed E-state index contributed by atoms with van der Waals surface area (Å²) >= 11 is 2.01. The molecule has 0 heterocycles. The molecule has 2 rings (SSSR count). The first-order chi connectivity index (χ1) is 12.0. The number of hydrazone groups is 1. The number of aromatic hydroxyl groups is 1. The number of hydrogen-bond donors (Lipinski definition) is 3. The summed E-state index contributed by atoms with van der Waals surface area (Å²) in [4.78, 5) is 11.9. The Morgan fingerprint density at radius 2 is 2.12 bits per heavy atom. The van der Waals surface area contributed by atoms with Crippen LogP contribution in [0.15, 0.2) is 41.5 Å². The first kappa shape index (κ1) is 19.0. The fourth-order valence-electron chi connectivity index (χ4n) is 2.10. The Morgan fingerprint density at radius 1 is 1.36 bits per heavy atom. The van der Waals surface area contributed by atoms with Crippen LogP contribution in [-0.2, 0) is 4.79 Å². The average Bonchev–Trinajstić information content (AvgIpc) is 2.58. The van der Waals surface area contributed by atoms with E-state index in [1.165, 1.54) is 6.21 Å². The molecular weight excluding hydrogens is 433 g/mol. The highest BCUT2D eigenvalue weighted by atomic mass is 127. The van der Waals surface area contributed by atoms with Gasteiger partial charge >= 0.3 is 0 Å². The van der Waals surface area contributed by atoms with Gasteiger partial charge in [0.2, 0.25) is 0 Å². The zero-order chi connectivity index (χ0) is 18.2. The summed E-state index contributed by atoms with van der Waals surface area (Å²) in [5.74, 6) is 0.243. The summed E-state index contributed by atoms with van der Waals surface area (Å²) < 4.78 is 6.02. The highest BCUT2D eigenvalue weighted by molar-refractivity contribution is 14.1. The minimum Gasteiger partial charge on any atom is -0.504 e. The lowest BCUT2D eigenvalue weighted by molar-refractivity contribution is -0.119. The number of halogens is 1. The molecule has 0 aliphatic carbocycles. The number of nitrogens with one attached hydrogen (secondary N) is 2. The topological polar surface area (TPSA) is 83.0 Å². The molecule has 6 nitrogen and oxygen atoms in total. The molecule has 3 N–H and O–H groups in total. The molecule has 132 valence electrons. The number of phenolic OH excluding ortho intramolecular Hbond substituents is 1. The van der Waals surface area contributed by atoms with Gasteiger partial charge in [0.1, 0.15) is 0 Å². The van der Waals surface area contributed by atoms with Crippen molar-refractivity contribution in [1.82, 2.24) is 5.43 Å². The van der Waals surface area contributed by atoms with E-state index in [-0.39, 0.29) is 18.2 Å². The number of rotatable bonds is 7. The van der Waals surface area contributed by atoms with E-state index in [2.05, 4.69) is 15.8 Å². The van der Waals surface area contributed by atoms with Gasteiger partial charge in [-0.3, -0.25) is 4.79 Å². The molecule has 0 unspecified atom stereocenters. The van der Waals surface area contributed by atoms with Crippen molar-refractivity contribution in [3.05, 3.63) is 51.1 Å². The molecule has 0 radical (unpaired) electrons. The van der Waals surface area contributed by atoms with E-state index in [0.29, 0.717) is 15.9 Å². The lowest BCUT2D eigenvalue weighted by Gasteiger charge is -2.09. The van der Waals surface area contributed by atoms with E-state index in [9.17, 15) is 9.90 Å². The first-order valence-corrected chi connectivity index (χ1v) is 8.86. The second kappa shape index (κ2) is 9.26. The SMILES string of the molecule is CCOc1cc(/C=N\NC(=O)CNc2ccccc2C)cc(I)c1O. The smallest absolute Gasteiger partial charge is 0.259 e. The van der Waals surface area contributed by atoms with E-state index in [1.807, 2.05) is 60.7 Å². The van der Waals surface area contributed by atoms with Gasteiger partial charge in [-0.15, -0.1) is 0 Å². The van der Waals surface area contributed by atoms with Crippen LogP contribution in [0.1, 0.15) is 18.1 Å². The largest absolute Gasteiger partial charge is 0.504 e. The molecule has 0 aromatic heterocycles. The van der Waals surface area contributed by atoms with Crippen LogP contribution < -0.4 is 15.5 Å². The van der Waals surface area contributed by atoms with Crippen molar-refractivity contribution in [3.8, 4) is 11.5 Å². The van der Waals surface area contributed by atoms with E-state index < -0.39 is 0 Å². The number of benzene rings is 2. The van der Waals surface area contributed by atoms with Gasteiger partial charge in [0.15, 0.2) is 11.5 Å². The Labute approximate surface area is 160 Å². The normalized spacial score (nSPS) is 10.7. The van der Waals surface area contributed by atoms with Crippen LogP contribution in [-0.4, -0.2) is 30.4 Å². The third-order valence-corrected chi connectivity index (χ3v) is 4.16. The number of amides is 1. The predicted octanol–water partition coefficient (Wildman–Crippen LogP) is 3.27. The Morgan fingerprint density at radius 3 is 2.84 bits per heavy atom. The van der Waals surface area contributed by atoms with Crippen LogP contribution >= 0.6 is 22.6 Å². The summed E-state index contributed by atoms with van der Waals surface area (Å²) in [6.07, 6.45) is 1.51. The molecule has 0 saturated heterocycles. The van der Waals surface area contributed by atoms with Crippen LogP contribution in [0.2, 0.25) is 0 Å². The molecule has 0 aliphatic rings. The van der Waals surface area contributed by atoms with E-state index >= 15 is 0 Å². The summed E-state index contributed by atoms with van der Waals surface area (Å²) in [7, 11) is 0. The van der Waals surface area contributed by atoms with Crippen LogP contribution in [0.5, 0.6) is 11.5 Å². The molecule has 2 aromatic carbocycles. The van der Waals surface area contributed by atoms with Crippen LogP contribution in [0.4, 0.5) is 5.69 Å². The number of nitrogens with zero attached hydrogens (tertiary/aromatic N) is 1. The van der Waals surface area contributed by atoms with Gasteiger partial charge in [-0.2, -0.15) is 5.10 Å². The molecule has 2 aromatic rings. The number of phenols is 1. The van der Waals surface area contributed by atoms with Crippen molar-refractivity contribution in [2.75, 3.05) is 18.5 Å². The number of hydrogen-bond acceptors (Lipinski definition) is 5. The number of anilines is 1. The van der Waals surface area contributed by atoms with Crippen molar-refractivity contribution in [2.24, 2.45) is 5.10 Å². The number of aryl methyl sites for hydroxylation is 1. The number of carbonyl (C=O) groups excluding carboxylic acids is 1. The van der Waals surface area contributed by atoms with Crippen LogP contribution in [0, 0.1) is 10.5 Å². The van der Waals surface area contributed by atoms with Crippen molar-refractivity contribution in [3.63, 3.8) is 0 Å². The molecule has 0 atom stereocenters. The van der Waals surface area contributed by atoms with Gasteiger partial charge in [-0.1, -0.05) is 18.2 Å². The van der Waals surface area contributed by atoms with Gasteiger partial charge in [0.05, 0.1) is 22.9 Å². The van der Waals surface area contributed by atoms with Gasteiger partial charge in [0, 0.05) is 5.69 Å². The highest BCUT2D eigenvalue weighted by Crippen LogP contribution is 2.32. The fourth-order valence-corrected chi connectivity index (χ4v) is 2.72. The molecule has 0 fully saturated rings. The summed E-state index contributed by atoms with van der Waals surface area (Å²) in [5.41, 5.74) is 5.17. The maximum atomic E-state index is 11.9. The first-order valence-electron chi connectivity index (χ1n) is 7.78. The lowest BCUT2D eigenvalue weighted by Crippen LogP contribution is -2.26. The number of ether oxygens (including phenoxy) is 1. The van der Waals surface area contributed by atoms with Crippen LogP contribution in [0.3, 0.4) is 0 Å². The molecule has 0 spiro atoms. The number of para-hydroxylation sites is 1. The zero-order valence-electron chi connectivity index (χ0n) is 14.0. The van der Waals surface area contributed by atoms with Crippen molar-refractivity contribution >= 4 is 40.4 Å². The Kier molecular flexibility index (Phi) is 7.05. The lowest BCUT2D eigenvalue weighted by atomic mass is 10.2. The molecule has 0 aliphatic heterocycles.